The van der Waals surface area contributed by atoms with Crippen molar-refractivity contribution in [1.82, 2.24) is 9.78 Å². The lowest BCUT2D eigenvalue weighted by Crippen LogP contribution is -2.23. The Hall–Kier alpha value is -0.350. The van der Waals surface area contributed by atoms with Crippen LogP contribution < -0.4 is 5.73 Å². The largest absolute Gasteiger partial charge is 0.327 e. The van der Waals surface area contributed by atoms with E-state index in [4.69, 9.17) is 5.73 Å². The zero-order valence-electron chi connectivity index (χ0n) is 9.76. The summed E-state index contributed by atoms with van der Waals surface area (Å²) < 4.78 is 3.08. The molecule has 1 atom stereocenters. The van der Waals surface area contributed by atoms with Gasteiger partial charge in [-0.15, -0.1) is 0 Å². The number of aromatic nitrogens is 2. The minimum atomic E-state index is 0.242. The van der Waals surface area contributed by atoms with E-state index in [0.717, 1.165) is 35.8 Å². The fourth-order valence-corrected chi connectivity index (χ4v) is 2.54. The van der Waals surface area contributed by atoms with Gasteiger partial charge in [0.2, 0.25) is 0 Å². The molecule has 0 spiro atoms. The van der Waals surface area contributed by atoms with Crippen LogP contribution in [0.4, 0.5) is 0 Å². The molecule has 1 unspecified atom stereocenters. The first-order chi connectivity index (χ1) is 7.10. The summed E-state index contributed by atoms with van der Waals surface area (Å²) in [7, 11) is 1.98. The third-order valence-electron chi connectivity index (χ3n) is 2.62. The lowest BCUT2D eigenvalue weighted by molar-refractivity contribution is 0.569. The summed E-state index contributed by atoms with van der Waals surface area (Å²) in [6, 6.07) is 0.242. The summed E-state index contributed by atoms with van der Waals surface area (Å²) in [6.45, 7) is 4.28. The van der Waals surface area contributed by atoms with Crippen LogP contribution in [0.3, 0.4) is 0 Å². The Labute approximate surface area is 100 Å². The van der Waals surface area contributed by atoms with E-state index < -0.39 is 0 Å². The predicted octanol–water partition coefficient (Wildman–Crippen LogP) is 2.41. The van der Waals surface area contributed by atoms with Crippen LogP contribution in [0.2, 0.25) is 0 Å². The summed E-state index contributed by atoms with van der Waals surface area (Å²) in [4.78, 5) is 0. The van der Waals surface area contributed by atoms with E-state index in [9.17, 15) is 0 Å². The smallest absolute Gasteiger partial charge is 0.0766 e. The fraction of sp³-hybridized carbons (Fsp3) is 0.727. The molecule has 0 aliphatic rings. The van der Waals surface area contributed by atoms with Gasteiger partial charge in [-0.3, -0.25) is 4.68 Å². The molecule has 1 heterocycles. The average Bonchev–Trinajstić information content (AvgIpc) is 2.45. The van der Waals surface area contributed by atoms with Crippen molar-refractivity contribution in [2.75, 3.05) is 0 Å². The number of rotatable bonds is 5. The maximum absolute atomic E-state index is 6.04. The summed E-state index contributed by atoms with van der Waals surface area (Å²) in [6.07, 6.45) is 4.06. The maximum Gasteiger partial charge on any atom is 0.0766 e. The molecule has 2 N–H and O–H groups in total. The van der Waals surface area contributed by atoms with E-state index in [0.29, 0.717) is 0 Å². The number of aryl methyl sites for hydroxylation is 2. The topological polar surface area (TPSA) is 43.8 Å². The second kappa shape index (κ2) is 5.66. The molecule has 0 saturated heterocycles. The molecule has 86 valence electrons. The van der Waals surface area contributed by atoms with Gasteiger partial charge in [0.1, 0.15) is 0 Å². The highest BCUT2D eigenvalue weighted by molar-refractivity contribution is 9.10. The number of nitrogens with two attached hydrogens (primary N) is 1. The lowest BCUT2D eigenvalue weighted by atomic mass is 10.1. The van der Waals surface area contributed by atoms with Gasteiger partial charge in [-0.2, -0.15) is 5.10 Å². The van der Waals surface area contributed by atoms with Gasteiger partial charge in [0, 0.05) is 19.5 Å². The third kappa shape index (κ3) is 3.05. The Morgan fingerprint density at radius 1 is 1.47 bits per heavy atom. The summed E-state index contributed by atoms with van der Waals surface area (Å²) in [5.74, 6) is 0. The summed E-state index contributed by atoms with van der Waals surface area (Å²) in [5, 5.41) is 4.46. The minimum absolute atomic E-state index is 0.242. The standard InChI is InChI=1S/C11H20BrN3/c1-4-6-8(13)7-10-11(12)9(5-2)14-15(10)3/h8H,4-7,13H2,1-3H3. The van der Waals surface area contributed by atoms with Crippen LogP contribution in [0.5, 0.6) is 0 Å². The molecule has 0 aromatic carbocycles. The van der Waals surface area contributed by atoms with Crippen LogP contribution in [0, 0.1) is 0 Å². The van der Waals surface area contributed by atoms with Crippen LogP contribution >= 0.6 is 15.9 Å². The van der Waals surface area contributed by atoms with E-state index >= 15 is 0 Å². The number of hydrogen-bond donors (Lipinski definition) is 1. The molecule has 0 amide bonds. The molecule has 0 fully saturated rings. The van der Waals surface area contributed by atoms with Gasteiger partial charge in [0.25, 0.3) is 0 Å². The molecule has 0 saturated carbocycles. The Morgan fingerprint density at radius 2 is 2.13 bits per heavy atom. The normalized spacial score (nSPS) is 13.1. The monoisotopic (exact) mass is 273 g/mol. The molecule has 4 heteroatoms. The maximum atomic E-state index is 6.04. The number of nitrogens with zero attached hydrogens (tertiary/aromatic N) is 2. The lowest BCUT2D eigenvalue weighted by Gasteiger charge is -2.10. The van der Waals surface area contributed by atoms with Crippen molar-refractivity contribution in [3.63, 3.8) is 0 Å². The van der Waals surface area contributed by atoms with Gasteiger partial charge < -0.3 is 5.73 Å². The average molecular weight is 274 g/mol. The van der Waals surface area contributed by atoms with Crippen molar-refractivity contribution in [2.24, 2.45) is 12.8 Å². The number of hydrogen-bond acceptors (Lipinski definition) is 2. The minimum Gasteiger partial charge on any atom is -0.327 e. The van der Waals surface area contributed by atoms with Crippen LogP contribution in [-0.4, -0.2) is 15.8 Å². The van der Waals surface area contributed by atoms with Gasteiger partial charge in [0.15, 0.2) is 0 Å². The molecule has 3 nitrogen and oxygen atoms in total. The van der Waals surface area contributed by atoms with Gasteiger partial charge >= 0.3 is 0 Å². The Balaban J connectivity index is 2.80. The molecule has 0 aliphatic carbocycles. The molecule has 0 radical (unpaired) electrons. The highest BCUT2D eigenvalue weighted by Gasteiger charge is 2.14. The zero-order valence-corrected chi connectivity index (χ0v) is 11.3. The third-order valence-corrected chi connectivity index (χ3v) is 3.53. The molecular weight excluding hydrogens is 254 g/mol. The van der Waals surface area contributed by atoms with Crippen LogP contribution in [-0.2, 0) is 19.9 Å². The van der Waals surface area contributed by atoms with Crippen molar-refractivity contribution in [3.05, 3.63) is 15.9 Å². The molecule has 15 heavy (non-hydrogen) atoms. The van der Waals surface area contributed by atoms with Gasteiger partial charge in [-0.05, 0) is 28.8 Å². The SMILES string of the molecule is CCCC(N)Cc1c(Br)c(CC)nn1C. The van der Waals surface area contributed by atoms with Gasteiger partial charge in [0.05, 0.1) is 15.9 Å². The summed E-state index contributed by atoms with van der Waals surface area (Å²) >= 11 is 3.60. The molecule has 0 aliphatic heterocycles. The predicted molar refractivity (Wildman–Crippen MR) is 66.9 cm³/mol. The highest BCUT2D eigenvalue weighted by atomic mass is 79.9. The Morgan fingerprint density at radius 3 is 2.60 bits per heavy atom. The number of halogens is 1. The summed E-state index contributed by atoms with van der Waals surface area (Å²) in [5.41, 5.74) is 8.38. The fourth-order valence-electron chi connectivity index (χ4n) is 1.76. The first-order valence-corrected chi connectivity index (χ1v) is 6.35. The van der Waals surface area contributed by atoms with Crippen molar-refractivity contribution >= 4 is 15.9 Å². The van der Waals surface area contributed by atoms with Gasteiger partial charge in [-0.25, -0.2) is 0 Å². The van der Waals surface area contributed by atoms with E-state index in [2.05, 4.69) is 34.9 Å². The first-order valence-electron chi connectivity index (χ1n) is 5.55. The zero-order chi connectivity index (χ0) is 11.4. The molecular formula is C11H20BrN3. The van der Waals surface area contributed by atoms with Crippen molar-refractivity contribution < 1.29 is 0 Å². The first kappa shape index (κ1) is 12.7. The van der Waals surface area contributed by atoms with Crippen molar-refractivity contribution in [3.8, 4) is 0 Å². The van der Waals surface area contributed by atoms with E-state index in [-0.39, 0.29) is 6.04 Å². The van der Waals surface area contributed by atoms with E-state index in [1.54, 1.807) is 0 Å². The molecule has 1 aromatic heterocycles. The Bertz CT molecular complexity index is 320. The second-order valence-electron chi connectivity index (χ2n) is 3.94. The molecule has 0 bridgehead atoms. The molecule has 1 rings (SSSR count). The van der Waals surface area contributed by atoms with E-state index in [1.807, 2.05) is 11.7 Å². The van der Waals surface area contributed by atoms with Crippen molar-refractivity contribution in [2.45, 2.75) is 45.6 Å². The van der Waals surface area contributed by atoms with Crippen molar-refractivity contribution in [1.29, 1.82) is 0 Å². The van der Waals surface area contributed by atoms with Crippen LogP contribution in [0.1, 0.15) is 38.1 Å². The Kier molecular flexibility index (Phi) is 4.80. The second-order valence-corrected chi connectivity index (χ2v) is 4.73. The molecule has 1 aromatic rings. The highest BCUT2D eigenvalue weighted by Crippen LogP contribution is 2.22. The van der Waals surface area contributed by atoms with Crippen LogP contribution in [0.25, 0.3) is 0 Å². The quantitative estimate of drug-likeness (QED) is 0.896. The van der Waals surface area contributed by atoms with E-state index in [1.165, 1.54) is 5.69 Å². The van der Waals surface area contributed by atoms with Crippen LogP contribution in [0.15, 0.2) is 4.47 Å². The van der Waals surface area contributed by atoms with Gasteiger partial charge in [-0.1, -0.05) is 20.3 Å².